The van der Waals surface area contributed by atoms with Crippen LogP contribution in [-0.4, -0.2) is 41.2 Å². The molecule has 1 aliphatic rings. The Labute approximate surface area is 104 Å². The minimum atomic E-state index is -0.375. The summed E-state index contributed by atoms with van der Waals surface area (Å²) in [6, 6.07) is 0.225. The fourth-order valence-electron chi connectivity index (χ4n) is 2.64. The maximum absolute atomic E-state index is 10.2. The molecule has 7 heteroatoms. The first kappa shape index (κ1) is 11.3. The van der Waals surface area contributed by atoms with Crippen LogP contribution in [0.4, 0.5) is 0 Å². The van der Waals surface area contributed by atoms with Crippen molar-refractivity contribution in [2.24, 2.45) is 0 Å². The van der Waals surface area contributed by atoms with E-state index in [1.165, 1.54) is 0 Å². The van der Waals surface area contributed by atoms with Crippen molar-refractivity contribution in [3.05, 3.63) is 24.8 Å². The molecule has 1 N–H and O–H groups in total. The fraction of sp³-hybridized carbons (Fsp3) is 0.636. The summed E-state index contributed by atoms with van der Waals surface area (Å²) in [5.41, 5.74) is 0. The normalized spacial score (nSPS) is 29.1. The van der Waals surface area contributed by atoms with Gasteiger partial charge < -0.3 is 5.11 Å². The van der Waals surface area contributed by atoms with Gasteiger partial charge in [0.05, 0.1) is 30.6 Å². The molecule has 18 heavy (non-hydrogen) atoms. The molecule has 2 aromatic heterocycles. The van der Waals surface area contributed by atoms with Gasteiger partial charge in [0.25, 0.3) is 0 Å². The Bertz CT molecular complexity index is 468. The van der Waals surface area contributed by atoms with Crippen LogP contribution >= 0.6 is 0 Å². The molecule has 2 aromatic rings. The predicted molar refractivity (Wildman–Crippen MR) is 62.6 cm³/mol. The molecule has 96 valence electrons. The third-order valence-corrected chi connectivity index (χ3v) is 3.59. The number of rotatable bonds is 2. The van der Waals surface area contributed by atoms with Gasteiger partial charge >= 0.3 is 0 Å². The zero-order valence-corrected chi connectivity index (χ0v) is 10.0. The van der Waals surface area contributed by atoms with E-state index >= 15 is 0 Å². The topological polar surface area (TPSA) is 81.6 Å². The molecule has 0 saturated heterocycles. The predicted octanol–water partition coefficient (Wildman–Crippen LogP) is 0.587. The molecule has 1 fully saturated rings. The molecule has 3 unspecified atom stereocenters. The molecule has 2 heterocycles. The molecular formula is C11H16N6O. The van der Waals surface area contributed by atoms with E-state index in [0.717, 1.165) is 25.7 Å². The van der Waals surface area contributed by atoms with Crippen molar-refractivity contribution in [1.82, 2.24) is 30.0 Å². The van der Waals surface area contributed by atoms with Gasteiger partial charge in [0.1, 0.15) is 0 Å². The van der Waals surface area contributed by atoms with Crippen molar-refractivity contribution in [3.63, 3.8) is 0 Å². The number of nitrogens with zero attached hydrogens (tertiary/aromatic N) is 6. The average molecular weight is 248 g/mol. The largest absolute Gasteiger partial charge is 0.391 e. The molecular weight excluding hydrogens is 232 g/mol. The van der Waals surface area contributed by atoms with Crippen molar-refractivity contribution >= 4 is 0 Å². The second-order valence-corrected chi connectivity index (χ2v) is 4.72. The highest BCUT2D eigenvalue weighted by Crippen LogP contribution is 2.33. The van der Waals surface area contributed by atoms with Crippen molar-refractivity contribution in [1.29, 1.82) is 0 Å². The van der Waals surface area contributed by atoms with Gasteiger partial charge in [0.2, 0.25) is 0 Å². The van der Waals surface area contributed by atoms with Crippen LogP contribution < -0.4 is 0 Å². The highest BCUT2D eigenvalue weighted by Gasteiger charge is 2.29. The first-order valence-electron chi connectivity index (χ1n) is 6.24. The lowest BCUT2D eigenvalue weighted by atomic mass is 10.0. The number of aliphatic hydroxyl groups excluding tert-OH is 1. The lowest BCUT2D eigenvalue weighted by Crippen LogP contribution is -2.25. The Morgan fingerprint density at radius 2 is 1.72 bits per heavy atom. The summed E-state index contributed by atoms with van der Waals surface area (Å²) in [6.07, 6.45) is 10.2. The van der Waals surface area contributed by atoms with Gasteiger partial charge in [-0.1, -0.05) is 10.4 Å². The molecule has 0 spiro atoms. The van der Waals surface area contributed by atoms with E-state index in [0.29, 0.717) is 0 Å². The van der Waals surface area contributed by atoms with Crippen LogP contribution in [0.15, 0.2) is 24.8 Å². The third-order valence-electron chi connectivity index (χ3n) is 3.59. The molecule has 7 nitrogen and oxygen atoms in total. The van der Waals surface area contributed by atoms with E-state index in [4.69, 9.17) is 0 Å². The summed E-state index contributed by atoms with van der Waals surface area (Å²) in [5, 5.41) is 25.9. The standard InChI is InChI=1S/C11H16N6O/c18-11-3-1-2-9(16-6-4-12-14-16)8-10(11)17-7-5-13-15-17/h4-7,9-11,18H,1-3,8H2. The van der Waals surface area contributed by atoms with E-state index in [9.17, 15) is 5.11 Å². The first-order valence-corrected chi connectivity index (χ1v) is 6.24. The zero-order valence-electron chi connectivity index (χ0n) is 10.0. The number of aliphatic hydroxyl groups is 1. The van der Waals surface area contributed by atoms with Gasteiger partial charge in [-0.05, 0) is 25.7 Å². The maximum atomic E-state index is 10.2. The van der Waals surface area contributed by atoms with Gasteiger partial charge in [-0.2, -0.15) is 0 Å². The quantitative estimate of drug-likeness (QED) is 0.786. The van der Waals surface area contributed by atoms with Gasteiger partial charge in [0, 0.05) is 12.4 Å². The summed E-state index contributed by atoms with van der Waals surface area (Å²) in [5.74, 6) is 0. The van der Waals surface area contributed by atoms with E-state index in [1.54, 1.807) is 23.3 Å². The Morgan fingerprint density at radius 1 is 1.00 bits per heavy atom. The maximum Gasteiger partial charge on any atom is 0.0816 e. The molecule has 3 rings (SSSR count). The van der Waals surface area contributed by atoms with Crippen LogP contribution in [0.3, 0.4) is 0 Å². The minimum absolute atomic E-state index is 0.0378. The molecule has 0 amide bonds. The number of hydrogen-bond acceptors (Lipinski definition) is 5. The Hall–Kier alpha value is -1.76. The van der Waals surface area contributed by atoms with Crippen LogP contribution in [-0.2, 0) is 0 Å². The molecule has 3 atom stereocenters. The highest BCUT2D eigenvalue weighted by molar-refractivity contribution is 4.86. The summed E-state index contributed by atoms with van der Waals surface area (Å²) < 4.78 is 3.63. The minimum Gasteiger partial charge on any atom is -0.391 e. The van der Waals surface area contributed by atoms with Crippen LogP contribution in [0.2, 0.25) is 0 Å². The van der Waals surface area contributed by atoms with Crippen LogP contribution in [0.5, 0.6) is 0 Å². The molecule has 0 aliphatic heterocycles. The molecule has 0 radical (unpaired) electrons. The average Bonchev–Trinajstić information content (AvgIpc) is 3.03. The second kappa shape index (κ2) is 4.85. The second-order valence-electron chi connectivity index (χ2n) is 4.72. The molecule has 0 bridgehead atoms. The summed E-state index contributed by atoms with van der Waals surface area (Å²) in [4.78, 5) is 0. The fourth-order valence-corrected chi connectivity index (χ4v) is 2.64. The van der Waals surface area contributed by atoms with Gasteiger partial charge in [-0.3, -0.25) is 0 Å². The van der Waals surface area contributed by atoms with E-state index < -0.39 is 0 Å². The van der Waals surface area contributed by atoms with Gasteiger partial charge in [-0.15, -0.1) is 10.2 Å². The van der Waals surface area contributed by atoms with Crippen molar-refractivity contribution in [3.8, 4) is 0 Å². The lowest BCUT2D eigenvalue weighted by molar-refractivity contribution is 0.0937. The van der Waals surface area contributed by atoms with Crippen LogP contribution in [0, 0.1) is 0 Å². The van der Waals surface area contributed by atoms with Gasteiger partial charge in [0.15, 0.2) is 0 Å². The Balaban J connectivity index is 1.83. The number of hydrogen-bond donors (Lipinski definition) is 1. The molecule has 1 saturated carbocycles. The smallest absolute Gasteiger partial charge is 0.0816 e. The van der Waals surface area contributed by atoms with Crippen LogP contribution in [0.25, 0.3) is 0 Å². The van der Waals surface area contributed by atoms with E-state index in [-0.39, 0.29) is 18.2 Å². The Morgan fingerprint density at radius 3 is 2.39 bits per heavy atom. The first-order chi connectivity index (χ1) is 8.84. The highest BCUT2D eigenvalue weighted by atomic mass is 16.3. The molecule has 0 aromatic carbocycles. The summed E-state index contributed by atoms with van der Waals surface area (Å²) in [6.45, 7) is 0. The van der Waals surface area contributed by atoms with Crippen molar-refractivity contribution in [2.75, 3.05) is 0 Å². The summed E-state index contributed by atoms with van der Waals surface area (Å²) in [7, 11) is 0. The van der Waals surface area contributed by atoms with E-state index in [2.05, 4.69) is 20.6 Å². The summed E-state index contributed by atoms with van der Waals surface area (Å²) >= 11 is 0. The lowest BCUT2D eigenvalue weighted by Gasteiger charge is -2.23. The van der Waals surface area contributed by atoms with Crippen LogP contribution in [0.1, 0.15) is 37.8 Å². The van der Waals surface area contributed by atoms with Gasteiger partial charge in [-0.25, -0.2) is 9.36 Å². The number of aromatic nitrogens is 6. The Kier molecular flexibility index (Phi) is 3.06. The van der Waals surface area contributed by atoms with Crippen molar-refractivity contribution < 1.29 is 5.11 Å². The van der Waals surface area contributed by atoms with E-state index in [1.807, 2.05) is 10.9 Å². The van der Waals surface area contributed by atoms with Crippen molar-refractivity contribution in [2.45, 2.75) is 43.9 Å². The molecule has 1 aliphatic carbocycles. The monoisotopic (exact) mass is 248 g/mol. The SMILES string of the molecule is OC1CCCC(n2ccnn2)CC1n1ccnn1. The third kappa shape index (κ3) is 2.13. The zero-order chi connectivity index (χ0) is 12.4.